The lowest BCUT2D eigenvalue weighted by molar-refractivity contribution is -0.0406. The highest BCUT2D eigenvalue weighted by Gasteiger charge is 2.18. The Morgan fingerprint density at radius 2 is 1.58 bits per heavy atom. The molecule has 0 spiro atoms. The van der Waals surface area contributed by atoms with Gasteiger partial charge in [-0.05, 0) is 12.3 Å². The fraction of sp³-hybridized carbons (Fsp3) is 1.00. The molecule has 0 unspecified atom stereocenters. The molecule has 1 aliphatic rings. The van der Waals surface area contributed by atoms with Crippen molar-refractivity contribution in [1.29, 1.82) is 0 Å². The maximum atomic E-state index is 5.04. The zero-order valence-corrected chi connectivity index (χ0v) is 7.68. The molecule has 0 bridgehead atoms. The first-order chi connectivity index (χ1) is 4.79. The van der Waals surface area contributed by atoms with Crippen LogP contribution in [0.3, 0.4) is 0 Å². The molecule has 0 amide bonds. The molecule has 0 radical (unpaired) electrons. The van der Waals surface area contributed by atoms with E-state index < -0.39 is 0 Å². The third kappa shape index (κ3) is 8.06. The lowest BCUT2D eigenvalue weighted by atomic mass is 9.96. The van der Waals surface area contributed by atoms with Crippen LogP contribution in [0.2, 0.25) is 0 Å². The van der Waals surface area contributed by atoms with Gasteiger partial charge in [0, 0.05) is 5.92 Å². The number of rotatable bonds is 2. The first kappa shape index (κ1) is 17.9. The second-order valence-electron chi connectivity index (χ2n) is 3.03. The average molecular weight is 176 g/mol. The van der Waals surface area contributed by atoms with Crippen molar-refractivity contribution < 1.29 is 4.74 Å². The number of hydrogen-bond donors (Lipinski definition) is 0. The van der Waals surface area contributed by atoms with Gasteiger partial charge in [0.15, 0.2) is 0 Å². The van der Waals surface area contributed by atoms with Gasteiger partial charge < -0.3 is 4.74 Å². The highest BCUT2D eigenvalue weighted by Crippen LogP contribution is 2.18. The van der Waals surface area contributed by atoms with Crippen LogP contribution in [0.25, 0.3) is 0 Å². The Labute approximate surface area is 79.5 Å². The van der Waals surface area contributed by atoms with Crippen LogP contribution in [0, 0.1) is 11.8 Å². The van der Waals surface area contributed by atoms with Crippen LogP contribution in [0.5, 0.6) is 0 Å². The van der Waals surface area contributed by atoms with Gasteiger partial charge in [0.05, 0.1) is 13.2 Å². The molecule has 1 fully saturated rings. The molecule has 0 atom stereocenters. The third-order valence-electron chi connectivity index (χ3n) is 1.51. The number of hydrogen-bond acceptors (Lipinski definition) is 1. The minimum Gasteiger partial charge on any atom is -0.381 e. The molecule has 78 valence electrons. The fourth-order valence-corrected chi connectivity index (χ4v) is 1.09. The van der Waals surface area contributed by atoms with E-state index in [0.717, 1.165) is 25.0 Å². The Hall–Kier alpha value is -0.0400. The Morgan fingerprint density at radius 3 is 1.67 bits per heavy atom. The molecule has 1 rings (SSSR count). The Bertz CT molecular complexity index is 65.4. The molecule has 0 aromatic rings. The zero-order chi connectivity index (χ0) is 7.98. The van der Waals surface area contributed by atoms with Crippen LogP contribution < -0.4 is 0 Å². The van der Waals surface area contributed by atoms with E-state index in [1.165, 1.54) is 6.42 Å². The van der Waals surface area contributed by atoms with Gasteiger partial charge in [-0.2, -0.15) is 0 Å². The molecule has 1 heterocycles. The highest BCUT2D eigenvalue weighted by atomic mass is 16.5. The summed E-state index contributed by atoms with van der Waals surface area (Å²) < 4.78 is 5.04. The SMILES string of the molecule is C.C.CC.CC(C)CC1COC1. The van der Waals surface area contributed by atoms with Crippen LogP contribution in [-0.2, 0) is 4.74 Å². The van der Waals surface area contributed by atoms with Crippen molar-refractivity contribution in [2.45, 2.75) is 49.0 Å². The van der Waals surface area contributed by atoms with E-state index in [1.807, 2.05) is 13.8 Å². The topological polar surface area (TPSA) is 9.23 Å². The standard InChI is InChI=1S/C7H14O.C2H6.2CH4/c1-6(2)3-7-4-8-5-7;1-2;;/h6-7H,3-5H2,1-2H3;1-2H3;2*1H4. The van der Waals surface area contributed by atoms with E-state index >= 15 is 0 Å². The minimum atomic E-state index is 0. The van der Waals surface area contributed by atoms with Crippen LogP contribution >= 0.6 is 0 Å². The first-order valence-electron chi connectivity index (χ1n) is 4.37. The van der Waals surface area contributed by atoms with E-state index in [-0.39, 0.29) is 14.9 Å². The molecular weight excluding hydrogens is 148 g/mol. The van der Waals surface area contributed by atoms with Gasteiger partial charge >= 0.3 is 0 Å². The van der Waals surface area contributed by atoms with Crippen molar-refractivity contribution in [3.05, 3.63) is 0 Å². The van der Waals surface area contributed by atoms with E-state index in [1.54, 1.807) is 0 Å². The van der Waals surface area contributed by atoms with Crippen molar-refractivity contribution in [2.24, 2.45) is 11.8 Å². The molecule has 1 heteroatoms. The lowest BCUT2D eigenvalue weighted by Crippen LogP contribution is -2.28. The summed E-state index contributed by atoms with van der Waals surface area (Å²) in [6.45, 7) is 10.5. The van der Waals surface area contributed by atoms with Crippen molar-refractivity contribution in [3.8, 4) is 0 Å². The first-order valence-corrected chi connectivity index (χ1v) is 4.37. The van der Waals surface area contributed by atoms with Crippen molar-refractivity contribution >= 4 is 0 Å². The van der Waals surface area contributed by atoms with Gasteiger partial charge in [-0.1, -0.05) is 42.5 Å². The monoisotopic (exact) mass is 176 g/mol. The van der Waals surface area contributed by atoms with E-state index in [4.69, 9.17) is 4.74 Å². The smallest absolute Gasteiger partial charge is 0.0516 e. The molecule has 0 aromatic carbocycles. The summed E-state index contributed by atoms with van der Waals surface area (Å²) in [4.78, 5) is 0. The van der Waals surface area contributed by atoms with E-state index in [2.05, 4.69) is 13.8 Å². The summed E-state index contributed by atoms with van der Waals surface area (Å²) in [7, 11) is 0. The third-order valence-corrected chi connectivity index (χ3v) is 1.51. The van der Waals surface area contributed by atoms with Crippen LogP contribution in [-0.4, -0.2) is 13.2 Å². The summed E-state index contributed by atoms with van der Waals surface area (Å²) in [5, 5.41) is 0. The van der Waals surface area contributed by atoms with Crippen molar-refractivity contribution in [1.82, 2.24) is 0 Å². The van der Waals surface area contributed by atoms with E-state index in [9.17, 15) is 0 Å². The normalized spacial score (nSPS) is 14.8. The lowest BCUT2D eigenvalue weighted by Gasteiger charge is -2.27. The fourth-order valence-electron chi connectivity index (χ4n) is 1.09. The van der Waals surface area contributed by atoms with Gasteiger partial charge in [0.2, 0.25) is 0 Å². The van der Waals surface area contributed by atoms with Gasteiger partial charge in [-0.25, -0.2) is 0 Å². The molecule has 1 aliphatic heterocycles. The largest absolute Gasteiger partial charge is 0.381 e. The molecule has 0 aromatic heterocycles. The Morgan fingerprint density at radius 1 is 1.17 bits per heavy atom. The minimum absolute atomic E-state index is 0. The van der Waals surface area contributed by atoms with Crippen molar-refractivity contribution in [2.75, 3.05) is 13.2 Å². The second kappa shape index (κ2) is 11.0. The molecule has 0 aliphatic carbocycles. The van der Waals surface area contributed by atoms with Gasteiger partial charge in [0.1, 0.15) is 0 Å². The zero-order valence-electron chi connectivity index (χ0n) is 7.68. The van der Waals surface area contributed by atoms with Crippen LogP contribution in [0.4, 0.5) is 0 Å². The summed E-state index contributed by atoms with van der Waals surface area (Å²) in [5.41, 5.74) is 0. The Balaban J connectivity index is -0.000000189. The highest BCUT2D eigenvalue weighted by molar-refractivity contribution is 4.66. The quantitative estimate of drug-likeness (QED) is 0.618. The van der Waals surface area contributed by atoms with E-state index in [0.29, 0.717) is 0 Å². The van der Waals surface area contributed by atoms with Gasteiger partial charge in [0.25, 0.3) is 0 Å². The van der Waals surface area contributed by atoms with Gasteiger partial charge in [-0.15, -0.1) is 0 Å². The Kier molecular flexibility index (Phi) is 16.3. The van der Waals surface area contributed by atoms with Gasteiger partial charge in [-0.3, -0.25) is 0 Å². The maximum Gasteiger partial charge on any atom is 0.0516 e. The summed E-state index contributed by atoms with van der Waals surface area (Å²) in [6.07, 6.45) is 1.35. The molecular formula is C11H28O. The van der Waals surface area contributed by atoms with Crippen LogP contribution in [0.15, 0.2) is 0 Å². The average Bonchev–Trinajstić information content (AvgIpc) is 1.84. The second-order valence-corrected chi connectivity index (χ2v) is 3.03. The maximum absolute atomic E-state index is 5.04. The summed E-state index contributed by atoms with van der Waals surface area (Å²) >= 11 is 0. The summed E-state index contributed by atoms with van der Waals surface area (Å²) in [6, 6.07) is 0. The molecule has 0 N–H and O–H groups in total. The molecule has 1 saturated heterocycles. The predicted molar refractivity (Wildman–Crippen MR) is 58.6 cm³/mol. The molecule has 0 saturated carbocycles. The van der Waals surface area contributed by atoms with Crippen LogP contribution in [0.1, 0.15) is 49.0 Å². The molecule has 1 nitrogen and oxygen atoms in total. The van der Waals surface area contributed by atoms with Crippen molar-refractivity contribution in [3.63, 3.8) is 0 Å². The summed E-state index contributed by atoms with van der Waals surface area (Å²) in [5.74, 6) is 1.74. The number of ether oxygens (including phenoxy) is 1. The molecule has 12 heavy (non-hydrogen) atoms. The predicted octanol–water partition coefficient (Wildman–Crippen LogP) is 3.98.